The van der Waals surface area contributed by atoms with Crippen molar-refractivity contribution in [3.8, 4) is 0 Å². The van der Waals surface area contributed by atoms with Crippen LogP contribution in [0.4, 0.5) is 0 Å². The molecular weight excluding hydrogens is 254 g/mol. The Morgan fingerprint density at radius 1 is 1.47 bits per heavy atom. The second kappa shape index (κ2) is 7.26. The summed E-state index contributed by atoms with van der Waals surface area (Å²) in [7, 11) is 0. The van der Waals surface area contributed by atoms with Crippen molar-refractivity contribution in [2.24, 2.45) is 5.92 Å². The van der Waals surface area contributed by atoms with Crippen LogP contribution in [-0.2, 0) is 4.79 Å². The van der Waals surface area contributed by atoms with Crippen molar-refractivity contribution >= 4 is 21.8 Å². The Kier molecular flexibility index (Phi) is 6.30. The minimum atomic E-state index is 0.370. The van der Waals surface area contributed by atoms with Crippen LogP contribution in [0.25, 0.3) is 0 Å². The molecule has 0 aromatic carbocycles. The molecule has 0 spiro atoms. The van der Waals surface area contributed by atoms with E-state index in [0.29, 0.717) is 5.91 Å². The number of alkyl halides is 1. The summed E-state index contributed by atoms with van der Waals surface area (Å²) in [5.74, 6) is 1.12. The van der Waals surface area contributed by atoms with Crippen LogP contribution in [0.5, 0.6) is 0 Å². The van der Waals surface area contributed by atoms with Crippen molar-refractivity contribution in [1.29, 1.82) is 0 Å². The molecular formula is C12H22BrNO. The number of amides is 1. The Hall–Kier alpha value is -0.0500. The van der Waals surface area contributed by atoms with E-state index in [2.05, 4.69) is 27.8 Å². The quantitative estimate of drug-likeness (QED) is 0.558. The van der Waals surface area contributed by atoms with Crippen LogP contribution in [0.3, 0.4) is 0 Å². The summed E-state index contributed by atoms with van der Waals surface area (Å²) in [5.41, 5.74) is 0. The summed E-state index contributed by atoms with van der Waals surface area (Å²) in [5, 5.41) is 1.01. The lowest BCUT2D eigenvalue weighted by Crippen LogP contribution is -2.39. The van der Waals surface area contributed by atoms with Gasteiger partial charge in [-0.1, -0.05) is 29.3 Å². The predicted molar refractivity (Wildman–Crippen MR) is 67.2 cm³/mol. The molecule has 0 aromatic heterocycles. The maximum atomic E-state index is 11.8. The van der Waals surface area contributed by atoms with Gasteiger partial charge in [-0.3, -0.25) is 4.79 Å². The van der Waals surface area contributed by atoms with Gasteiger partial charge in [-0.2, -0.15) is 0 Å². The number of carbonyl (C=O) groups excluding carboxylic acids is 1. The summed E-state index contributed by atoms with van der Waals surface area (Å²) in [4.78, 5) is 13.9. The molecule has 1 saturated heterocycles. The first-order valence-electron chi connectivity index (χ1n) is 6.11. The zero-order valence-corrected chi connectivity index (χ0v) is 11.3. The highest BCUT2D eigenvalue weighted by Crippen LogP contribution is 2.20. The second-order valence-corrected chi connectivity index (χ2v) is 5.20. The summed E-state index contributed by atoms with van der Waals surface area (Å²) in [6.07, 6.45) is 6.59. The molecule has 1 atom stereocenters. The van der Waals surface area contributed by atoms with Gasteiger partial charge in [0.25, 0.3) is 0 Å². The number of likely N-dealkylation sites (tertiary alicyclic amines) is 1. The van der Waals surface area contributed by atoms with Crippen molar-refractivity contribution in [1.82, 2.24) is 4.90 Å². The first-order chi connectivity index (χ1) is 7.27. The van der Waals surface area contributed by atoms with E-state index in [0.717, 1.165) is 43.6 Å². The number of halogens is 1. The molecule has 15 heavy (non-hydrogen) atoms. The van der Waals surface area contributed by atoms with Gasteiger partial charge in [0.15, 0.2) is 0 Å². The predicted octanol–water partition coefficient (Wildman–Crippen LogP) is 3.20. The lowest BCUT2D eigenvalue weighted by atomic mass is 9.95. The molecule has 2 nitrogen and oxygen atoms in total. The van der Waals surface area contributed by atoms with E-state index >= 15 is 0 Å². The van der Waals surface area contributed by atoms with Crippen LogP contribution in [-0.4, -0.2) is 29.2 Å². The number of hydrogen-bond acceptors (Lipinski definition) is 1. The van der Waals surface area contributed by atoms with Crippen molar-refractivity contribution in [3.05, 3.63) is 0 Å². The molecule has 1 aliphatic heterocycles. The standard InChI is InChI=1S/C12H22BrNO/c1-2-11-6-5-9-14(10-11)12(15)7-3-4-8-13/h11H,2-10H2,1H3. The number of carbonyl (C=O) groups is 1. The molecule has 0 aliphatic carbocycles. The Balaban J connectivity index is 2.25. The summed E-state index contributed by atoms with van der Waals surface area (Å²) in [6, 6.07) is 0. The van der Waals surface area contributed by atoms with Crippen molar-refractivity contribution in [2.45, 2.75) is 45.4 Å². The fraction of sp³-hybridized carbons (Fsp3) is 0.917. The Morgan fingerprint density at radius 3 is 2.93 bits per heavy atom. The molecule has 0 N–H and O–H groups in total. The molecule has 0 bridgehead atoms. The minimum absolute atomic E-state index is 0.370. The van der Waals surface area contributed by atoms with E-state index in [1.807, 2.05) is 0 Å². The van der Waals surface area contributed by atoms with Gasteiger partial charge in [0.05, 0.1) is 0 Å². The van der Waals surface area contributed by atoms with Gasteiger partial charge in [0.2, 0.25) is 5.91 Å². The van der Waals surface area contributed by atoms with E-state index in [4.69, 9.17) is 0 Å². The molecule has 0 aromatic rings. The van der Waals surface area contributed by atoms with Gasteiger partial charge in [-0.25, -0.2) is 0 Å². The van der Waals surface area contributed by atoms with Crippen LogP contribution in [0.2, 0.25) is 0 Å². The van der Waals surface area contributed by atoms with Crippen molar-refractivity contribution in [3.63, 3.8) is 0 Å². The van der Waals surface area contributed by atoms with Gasteiger partial charge in [0, 0.05) is 24.8 Å². The van der Waals surface area contributed by atoms with Gasteiger partial charge in [-0.15, -0.1) is 0 Å². The lowest BCUT2D eigenvalue weighted by Gasteiger charge is -2.32. The average molecular weight is 276 g/mol. The number of piperidine rings is 1. The molecule has 1 aliphatic rings. The smallest absolute Gasteiger partial charge is 0.222 e. The SMILES string of the molecule is CCC1CCCN(C(=O)CCCCBr)C1. The molecule has 1 fully saturated rings. The molecule has 1 amide bonds. The topological polar surface area (TPSA) is 20.3 Å². The first-order valence-corrected chi connectivity index (χ1v) is 7.23. The fourth-order valence-electron chi connectivity index (χ4n) is 2.15. The van der Waals surface area contributed by atoms with Gasteiger partial charge in [-0.05, 0) is 31.6 Å². The molecule has 1 unspecified atom stereocenters. The molecule has 0 saturated carbocycles. The largest absolute Gasteiger partial charge is 0.342 e. The maximum absolute atomic E-state index is 11.8. The Labute approximate surface area is 102 Å². The number of nitrogens with zero attached hydrogens (tertiary/aromatic N) is 1. The third-order valence-corrected chi connectivity index (χ3v) is 3.78. The summed E-state index contributed by atoms with van der Waals surface area (Å²) < 4.78 is 0. The Bertz CT molecular complexity index is 196. The summed E-state index contributed by atoms with van der Waals surface area (Å²) in [6.45, 7) is 4.22. The van der Waals surface area contributed by atoms with Crippen LogP contribution in [0.1, 0.15) is 45.4 Å². The number of hydrogen-bond donors (Lipinski definition) is 0. The van der Waals surface area contributed by atoms with Gasteiger partial charge in [0.1, 0.15) is 0 Å². The highest BCUT2D eigenvalue weighted by atomic mass is 79.9. The molecule has 1 rings (SSSR count). The highest BCUT2D eigenvalue weighted by Gasteiger charge is 2.21. The van der Waals surface area contributed by atoms with Gasteiger partial charge >= 0.3 is 0 Å². The summed E-state index contributed by atoms with van der Waals surface area (Å²) >= 11 is 3.39. The van der Waals surface area contributed by atoms with Crippen molar-refractivity contribution in [2.75, 3.05) is 18.4 Å². The van der Waals surface area contributed by atoms with E-state index in [9.17, 15) is 4.79 Å². The average Bonchev–Trinajstić information content (AvgIpc) is 2.29. The van der Waals surface area contributed by atoms with E-state index in [-0.39, 0.29) is 0 Å². The molecule has 1 heterocycles. The monoisotopic (exact) mass is 275 g/mol. The highest BCUT2D eigenvalue weighted by molar-refractivity contribution is 9.09. The number of unbranched alkanes of at least 4 members (excludes halogenated alkanes) is 1. The van der Waals surface area contributed by atoms with Crippen LogP contribution in [0.15, 0.2) is 0 Å². The normalized spacial score (nSPS) is 21.7. The lowest BCUT2D eigenvalue weighted by molar-refractivity contribution is -0.133. The fourth-order valence-corrected chi connectivity index (χ4v) is 2.55. The minimum Gasteiger partial charge on any atom is -0.342 e. The van der Waals surface area contributed by atoms with E-state index < -0.39 is 0 Å². The first kappa shape index (κ1) is 13.0. The second-order valence-electron chi connectivity index (χ2n) is 4.40. The van der Waals surface area contributed by atoms with E-state index in [1.54, 1.807) is 0 Å². The molecule has 0 radical (unpaired) electrons. The third kappa shape index (κ3) is 4.54. The van der Waals surface area contributed by atoms with Crippen LogP contribution in [0, 0.1) is 5.92 Å². The van der Waals surface area contributed by atoms with E-state index in [1.165, 1.54) is 19.3 Å². The number of rotatable bonds is 5. The van der Waals surface area contributed by atoms with Crippen LogP contribution >= 0.6 is 15.9 Å². The van der Waals surface area contributed by atoms with Gasteiger partial charge < -0.3 is 4.90 Å². The Morgan fingerprint density at radius 2 is 2.27 bits per heavy atom. The zero-order chi connectivity index (χ0) is 11.1. The molecule has 88 valence electrons. The zero-order valence-electron chi connectivity index (χ0n) is 9.67. The third-order valence-electron chi connectivity index (χ3n) is 3.22. The van der Waals surface area contributed by atoms with Crippen LogP contribution < -0.4 is 0 Å². The molecule has 3 heteroatoms. The van der Waals surface area contributed by atoms with Crippen molar-refractivity contribution < 1.29 is 4.79 Å². The maximum Gasteiger partial charge on any atom is 0.222 e.